The van der Waals surface area contributed by atoms with E-state index >= 15 is 0 Å². The maximum atomic E-state index is 4.83. The molecule has 1 aromatic rings. The third-order valence-electron chi connectivity index (χ3n) is 1.36. The number of hydrogen-bond acceptors (Lipinski definition) is 1. The molecule has 0 atom stereocenters. The zero-order valence-electron chi connectivity index (χ0n) is 6.35. The molecular weight excluding hydrogens is 124 g/mol. The summed E-state index contributed by atoms with van der Waals surface area (Å²) >= 11 is 0. The molecule has 10 heavy (non-hydrogen) atoms. The van der Waals surface area contributed by atoms with E-state index in [1.165, 1.54) is 11.1 Å². The zero-order chi connectivity index (χ0) is 7.56. The summed E-state index contributed by atoms with van der Waals surface area (Å²) < 4.78 is 4.83. The van der Waals surface area contributed by atoms with Gasteiger partial charge < -0.3 is 4.74 Å². The second-order valence-corrected chi connectivity index (χ2v) is 2.47. The van der Waals surface area contributed by atoms with Crippen molar-refractivity contribution >= 4 is 0 Å². The lowest BCUT2D eigenvalue weighted by molar-refractivity contribution is 0.472. The summed E-state index contributed by atoms with van der Waals surface area (Å²) in [6.45, 7) is 4.07. The number of aryl methyl sites for hydroxylation is 2. The van der Waals surface area contributed by atoms with Gasteiger partial charge in [0.15, 0.2) is 0 Å². The van der Waals surface area contributed by atoms with Crippen LogP contribution in [-0.4, -0.2) is 0 Å². The highest BCUT2D eigenvalue weighted by Gasteiger charge is 1.92. The van der Waals surface area contributed by atoms with E-state index in [2.05, 4.69) is 13.2 Å². The quantitative estimate of drug-likeness (QED) is 0.574. The topological polar surface area (TPSA) is 9.23 Å². The summed E-state index contributed by atoms with van der Waals surface area (Å²) in [6, 6.07) is 6.02. The minimum absolute atomic E-state index is 0.831. The van der Waals surface area contributed by atoms with Crippen molar-refractivity contribution in [1.82, 2.24) is 0 Å². The molecule has 0 spiro atoms. The minimum atomic E-state index is 0.831. The van der Waals surface area contributed by atoms with Crippen LogP contribution in [0.5, 0.6) is 5.75 Å². The van der Waals surface area contributed by atoms with Crippen molar-refractivity contribution in [3.63, 3.8) is 0 Å². The van der Waals surface area contributed by atoms with E-state index < -0.39 is 0 Å². The van der Waals surface area contributed by atoms with Crippen molar-refractivity contribution in [2.75, 3.05) is 0 Å². The fourth-order valence-corrected chi connectivity index (χ4v) is 1.02. The molecule has 1 heteroatoms. The van der Waals surface area contributed by atoms with Gasteiger partial charge in [-0.05, 0) is 37.1 Å². The Balaban J connectivity index is 3.06. The molecule has 0 saturated heterocycles. The van der Waals surface area contributed by atoms with Crippen LogP contribution >= 0.6 is 0 Å². The number of rotatable bonds is 1. The van der Waals surface area contributed by atoms with Crippen LogP contribution in [-0.2, 0) is 0 Å². The molecule has 1 nitrogen and oxygen atoms in total. The van der Waals surface area contributed by atoms with Gasteiger partial charge in [0, 0.05) is 0 Å². The molecule has 1 aromatic carbocycles. The molecule has 0 aromatic heterocycles. The van der Waals surface area contributed by atoms with Gasteiger partial charge in [0.05, 0.1) is 0 Å². The van der Waals surface area contributed by atoms with Crippen LogP contribution in [0.3, 0.4) is 0 Å². The van der Waals surface area contributed by atoms with Gasteiger partial charge in [-0.15, -0.1) is 0 Å². The fourth-order valence-electron chi connectivity index (χ4n) is 1.02. The lowest BCUT2D eigenvalue weighted by atomic mass is 10.1. The molecule has 0 aliphatic carbocycles. The van der Waals surface area contributed by atoms with Crippen molar-refractivity contribution in [1.29, 1.82) is 0 Å². The van der Waals surface area contributed by atoms with Gasteiger partial charge in [0.2, 0.25) is 0 Å². The number of ether oxygens (including phenoxy) is 1. The summed E-state index contributed by atoms with van der Waals surface area (Å²) in [6.07, 6.45) is 0. The zero-order valence-corrected chi connectivity index (χ0v) is 6.35. The molecule has 0 bridgehead atoms. The van der Waals surface area contributed by atoms with Crippen LogP contribution in [0.15, 0.2) is 18.2 Å². The highest BCUT2D eigenvalue weighted by Crippen LogP contribution is 2.15. The minimum Gasteiger partial charge on any atom is -0.490 e. The maximum Gasteiger partial charge on any atom is 0.122 e. The van der Waals surface area contributed by atoms with E-state index in [-0.39, 0.29) is 0 Å². The third kappa shape index (κ3) is 1.50. The van der Waals surface area contributed by atoms with Gasteiger partial charge in [-0.2, -0.15) is 0 Å². The number of benzene rings is 1. The van der Waals surface area contributed by atoms with E-state index in [1.807, 2.05) is 26.0 Å². The first-order valence-corrected chi connectivity index (χ1v) is 3.22. The van der Waals surface area contributed by atoms with Crippen molar-refractivity contribution in [2.24, 2.45) is 0 Å². The van der Waals surface area contributed by atoms with E-state index in [9.17, 15) is 0 Å². The highest BCUT2D eigenvalue weighted by molar-refractivity contribution is 5.32. The monoisotopic (exact) mass is 135 g/mol. The summed E-state index contributed by atoms with van der Waals surface area (Å²) in [4.78, 5) is 0. The van der Waals surface area contributed by atoms with Crippen LogP contribution in [0, 0.1) is 21.0 Å². The SMILES string of the molecule is [CH2]Oc1cc(C)cc(C)c1. The van der Waals surface area contributed by atoms with Gasteiger partial charge in [-0.3, -0.25) is 0 Å². The van der Waals surface area contributed by atoms with Crippen molar-refractivity contribution in [3.8, 4) is 5.75 Å². The predicted octanol–water partition coefficient (Wildman–Crippen LogP) is 2.47. The molecule has 0 aliphatic rings. The molecule has 1 rings (SSSR count). The lowest BCUT2D eigenvalue weighted by Crippen LogP contribution is -1.82. The lowest BCUT2D eigenvalue weighted by Gasteiger charge is -2.01. The molecule has 0 amide bonds. The molecular formula is C9H11O. The van der Waals surface area contributed by atoms with Gasteiger partial charge in [0.1, 0.15) is 12.9 Å². The van der Waals surface area contributed by atoms with Gasteiger partial charge in [-0.1, -0.05) is 6.07 Å². The van der Waals surface area contributed by atoms with Gasteiger partial charge in [0.25, 0.3) is 0 Å². The van der Waals surface area contributed by atoms with Crippen molar-refractivity contribution in [2.45, 2.75) is 13.8 Å². The standard InChI is InChI=1S/C9H11O/c1-7-4-8(2)6-9(5-7)10-3/h4-6H,3H2,1-2H3. The molecule has 1 radical (unpaired) electrons. The van der Waals surface area contributed by atoms with Gasteiger partial charge in [-0.25, -0.2) is 0 Å². The number of hydrogen-bond donors (Lipinski definition) is 0. The van der Waals surface area contributed by atoms with Crippen LogP contribution in [0.1, 0.15) is 11.1 Å². The van der Waals surface area contributed by atoms with Crippen LogP contribution < -0.4 is 4.74 Å². The smallest absolute Gasteiger partial charge is 0.122 e. The molecule has 0 N–H and O–H groups in total. The van der Waals surface area contributed by atoms with E-state index in [0.29, 0.717) is 0 Å². The van der Waals surface area contributed by atoms with Crippen LogP contribution in [0.4, 0.5) is 0 Å². The maximum absolute atomic E-state index is 4.83. The highest BCUT2D eigenvalue weighted by atomic mass is 16.5. The molecule has 0 aliphatic heterocycles. The second kappa shape index (κ2) is 2.74. The average Bonchev–Trinajstić information content (AvgIpc) is 1.85. The van der Waals surface area contributed by atoms with E-state index in [4.69, 9.17) is 4.74 Å². The normalized spacial score (nSPS) is 9.50. The Morgan fingerprint density at radius 2 is 1.60 bits per heavy atom. The summed E-state index contributed by atoms with van der Waals surface area (Å²) in [7, 11) is 3.34. The molecule has 0 unspecified atom stereocenters. The van der Waals surface area contributed by atoms with Crippen LogP contribution in [0.25, 0.3) is 0 Å². The Labute approximate surface area is 61.6 Å². The van der Waals surface area contributed by atoms with Crippen LogP contribution in [0.2, 0.25) is 0 Å². The average molecular weight is 135 g/mol. The predicted molar refractivity (Wildman–Crippen MR) is 41.9 cm³/mol. The Morgan fingerprint density at radius 1 is 1.10 bits per heavy atom. The van der Waals surface area contributed by atoms with E-state index in [0.717, 1.165) is 5.75 Å². The first-order chi connectivity index (χ1) is 4.72. The Bertz CT molecular complexity index is 208. The van der Waals surface area contributed by atoms with E-state index in [1.54, 1.807) is 0 Å². The second-order valence-electron chi connectivity index (χ2n) is 2.47. The Kier molecular flexibility index (Phi) is 1.95. The fraction of sp³-hybridized carbons (Fsp3) is 0.222. The Morgan fingerprint density at radius 3 is 2.00 bits per heavy atom. The first-order valence-electron chi connectivity index (χ1n) is 3.22. The van der Waals surface area contributed by atoms with Crippen molar-refractivity contribution in [3.05, 3.63) is 36.4 Å². The largest absolute Gasteiger partial charge is 0.490 e. The Hall–Kier alpha value is -0.980. The van der Waals surface area contributed by atoms with Gasteiger partial charge >= 0.3 is 0 Å². The summed E-state index contributed by atoms with van der Waals surface area (Å²) in [5, 5.41) is 0. The third-order valence-corrected chi connectivity index (χ3v) is 1.36. The molecule has 0 heterocycles. The molecule has 0 fully saturated rings. The van der Waals surface area contributed by atoms with Crippen molar-refractivity contribution < 1.29 is 4.74 Å². The molecule has 0 saturated carbocycles. The summed E-state index contributed by atoms with van der Waals surface area (Å²) in [5.41, 5.74) is 2.41. The molecule has 53 valence electrons. The summed E-state index contributed by atoms with van der Waals surface area (Å²) in [5.74, 6) is 0.831. The first kappa shape index (κ1) is 7.13.